The van der Waals surface area contributed by atoms with E-state index in [1.54, 1.807) is 54.6 Å². The van der Waals surface area contributed by atoms with Gasteiger partial charge in [-0.05, 0) is 29.8 Å². The van der Waals surface area contributed by atoms with E-state index in [1.165, 1.54) is 12.3 Å². The molecular weight excluding hydrogens is 501 g/mol. The summed E-state index contributed by atoms with van der Waals surface area (Å²) in [5.41, 5.74) is 4.10. The van der Waals surface area contributed by atoms with Crippen molar-refractivity contribution in [2.75, 3.05) is 5.43 Å². The molecule has 9 heteroatoms. The number of H-pyrrole nitrogens is 1. The van der Waals surface area contributed by atoms with E-state index >= 15 is 0 Å². The quantitative estimate of drug-likeness (QED) is 0.258. The third kappa shape index (κ3) is 5.54. The van der Waals surface area contributed by atoms with Crippen LogP contribution in [-0.4, -0.2) is 16.2 Å². The van der Waals surface area contributed by atoms with Crippen molar-refractivity contribution in [2.24, 2.45) is 5.10 Å². The van der Waals surface area contributed by atoms with E-state index in [0.29, 0.717) is 26.9 Å². The fourth-order valence-electron chi connectivity index (χ4n) is 3.09. The molecule has 1 aromatic heterocycles. The van der Waals surface area contributed by atoms with E-state index in [-0.39, 0.29) is 29.6 Å². The number of nitriles is 1. The van der Waals surface area contributed by atoms with E-state index in [4.69, 9.17) is 4.74 Å². The lowest BCUT2D eigenvalue weighted by molar-refractivity contribution is 0.300. The molecule has 4 rings (SSSR count). The van der Waals surface area contributed by atoms with E-state index in [1.807, 2.05) is 18.2 Å². The predicted octanol–water partition coefficient (Wildman–Crippen LogP) is 5.24. The zero-order valence-electron chi connectivity index (χ0n) is 17.6. The van der Waals surface area contributed by atoms with Gasteiger partial charge in [0.05, 0.1) is 11.9 Å². The van der Waals surface area contributed by atoms with Gasteiger partial charge in [0.1, 0.15) is 29.8 Å². The first-order chi connectivity index (χ1) is 16.5. The average Bonchev–Trinajstić information content (AvgIpc) is 2.84. The molecule has 0 unspecified atom stereocenters. The second kappa shape index (κ2) is 10.6. The van der Waals surface area contributed by atoms with Crippen molar-refractivity contribution < 1.29 is 9.13 Å². The monoisotopic (exact) mass is 517 g/mol. The summed E-state index contributed by atoms with van der Waals surface area (Å²) in [4.78, 5) is 19.2. The largest absolute Gasteiger partial charge is 0.489 e. The number of nitrogens with one attached hydrogen (secondary N) is 2. The van der Waals surface area contributed by atoms with Crippen molar-refractivity contribution in [2.45, 2.75) is 6.61 Å². The highest BCUT2D eigenvalue weighted by molar-refractivity contribution is 9.10. The second-order valence-electron chi connectivity index (χ2n) is 7.08. The number of hydrazone groups is 1. The molecule has 0 atom stereocenters. The van der Waals surface area contributed by atoms with Crippen molar-refractivity contribution in [3.63, 3.8) is 0 Å². The van der Waals surface area contributed by atoms with Crippen LogP contribution in [0.5, 0.6) is 5.75 Å². The van der Waals surface area contributed by atoms with Crippen LogP contribution in [0.4, 0.5) is 10.3 Å². The van der Waals surface area contributed by atoms with Crippen molar-refractivity contribution in [3.05, 3.63) is 110 Å². The van der Waals surface area contributed by atoms with Gasteiger partial charge in [0, 0.05) is 15.6 Å². The van der Waals surface area contributed by atoms with Crippen LogP contribution < -0.4 is 15.7 Å². The number of benzene rings is 3. The summed E-state index contributed by atoms with van der Waals surface area (Å²) in [6.45, 7) is 0.0800. The number of halogens is 2. The molecule has 2 N–H and O–H groups in total. The lowest BCUT2D eigenvalue weighted by atomic mass is 10.1. The number of anilines is 1. The Labute approximate surface area is 202 Å². The number of hydrogen-bond acceptors (Lipinski definition) is 6. The summed E-state index contributed by atoms with van der Waals surface area (Å²) in [5.74, 6) is 0.287. The summed E-state index contributed by atoms with van der Waals surface area (Å²) in [6, 6.07) is 22.7. The van der Waals surface area contributed by atoms with Crippen LogP contribution in [0, 0.1) is 17.1 Å². The topological polar surface area (TPSA) is 103 Å². The van der Waals surface area contributed by atoms with Gasteiger partial charge >= 0.3 is 0 Å². The standard InChI is InChI=1S/C25H17BrFN5O2/c26-19-10-9-18(22(27)12-19)15-34-20-8-4-5-16(11-20)14-29-32-25-30-23(17-6-2-1-3-7-17)21(13-28)24(33)31-25/h1-12,14H,15H2,(H2,30,31,32,33). The highest BCUT2D eigenvalue weighted by Crippen LogP contribution is 2.20. The lowest BCUT2D eigenvalue weighted by Gasteiger charge is -2.08. The first-order valence-electron chi connectivity index (χ1n) is 10.1. The molecule has 0 radical (unpaired) electrons. The summed E-state index contributed by atoms with van der Waals surface area (Å²) in [5, 5.41) is 13.5. The Morgan fingerprint density at radius 1 is 1.15 bits per heavy atom. The number of aromatic amines is 1. The van der Waals surface area contributed by atoms with Gasteiger partial charge in [0.15, 0.2) is 0 Å². The van der Waals surface area contributed by atoms with Gasteiger partial charge in [0.2, 0.25) is 5.95 Å². The van der Waals surface area contributed by atoms with E-state index in [2.05, 4.69) is 36.4 Å². The minimum absolute atomic E-state index is 0.0761. The molecule has 3 aromatic carbocycles. The molecule has 0 spiro atoms. The molecule has 4 aromatic rings. The smallest absolute Gasteiger partial charge is 0.270 e. The zero-order chi connectivity index (χ0) is 23.9. The highest BCUT2D eigenvalue weighted by atomic mass is 79.9. The Morgan fingerprint density at radius 2 is 1.97 bits per heavy atom. The predicted molar refractivity (Wildman–Crippen MR) is 131 cm³/mol. The summed E-state index contributed by atoms with van der Waals surface area (Å²) < 4.78 is 20.3. The Kier molecular flexibility index (Phi) is 7.10. The molecule has 0 bridgehead atoms. The van der Waals surface area contributed by atoms with Gasteiger partial charge in [-0.25, -0.2) is 14.8 Å². The van der Waals surface area contributed by atoms with Crippen molar-refractivity contribution in [1.82, 2.24) is 9.97 Å². The molecule has 168 valence electrons. The Morgan fingerprint density at radius 3 is 2.74 bits per heavy atom. The second-order valence-corrected chi connectivity index (χ2v) is 8.00. The van der Waals surface area contributed by atoms with Crippen LogP contribution in [0.25, 0.3) is 11.3 Å². The molecule has 0 fully saturated rings. The third-order valence-corrected chi connectivity index (χ3v) is 5.22. The number of nitrogens with zero attached hydrogens (tertiary/aromatic N) is 3. The van der Waals surface area contributed by atoms with Crippen molar-refractivity contribution in [1.29, 1.82) is 5.26 Å². The molecule has 0 saturated heterocycles. The maximum atomic E-state index is 14.0. The molecule has 0 aliphatic carbocycles. The van der Waals surface area contributed by atoms with Crippen LogP contribution in [0.15, 0.2) is 87.2 Å². The fourth-order valence-corrected chi connectivity index (χ4v) is 3.42. The van der Waals surface area contributed by atoms with E-state index < -0.39 is 5.56 Å². The SMILES string of the molecule is N#Cc1c(-c2ccccc2)nc(NN=Cc2cccc(OCc3ccc(Br)cc3F)c2)[nH]c1=O. The van der Waals surface area contributed by atoms with Gasteiger partial charge < -0.3 is 4.74 Å². The zero-order valence-corrected chi connectivity index (χ0v) is 19.2. The molecule has 0 aliphatic rings. The maximum absolute atomic E-state index is 14.0. The average molecular weight is 518 g/mol. The summed E-state index contributed by atoms with van der Waals surface area (Å²) in [6.07, 6.45) is 1.52. The van der Waals surface area contributed by atoms with Crippen molar-refractivity contribution >= 4 is 28.1 Å². The molecule has 1 heterocycles. The minimum atomic E-state index is -0.565. The van der Waals surface area contributed by atoms with Crippen LogP contribution in [0.1, 0.15) is 16.7 Å². The first kappa shape index (κ1) is 22.9. The molecule has 7 nitrogen and oxygen atoms in total. The lowest BCUT2D eigenvalue weighted by Crippen LogP contribution is -2.16. The normalized spacial score (nSPS) is 10.7. The van der Waals surface area contributed by atoms with Crippen LogP contribution >= 0.6 is 15.9 Å². The molecule has 0 aliphatic heterocycles. The van der Waals surface area contributed by atoms with Crippen LogP contribution in [-0.2, 0) is 6.61 Å². The Balaban J connectivity index is 1.47. The van der Waals surface area contributed by atoms with Crippen LogP contribution in [0.2, 0.25) is 0 Å². The molecular formula is C25H17BrFN5O2. The minimum Gasteiger partial charge on any atom is -0.489 e. The molecule has 0 amide bonds. The first-order valence-corrected chi connectivity index (χ1v) is 10.9. The molecule has 34 heavy (non-hydrogen) atoms. The van der Waals surface area contributed by atoms with Gasteiger partial charge in [0.25, 0.3) is 5.56 Å². The molecule has 0 saturated carbocycles. The highest BCUT2D eigenvalue weighted by Gasteiger charge is 2.12. The number of hydrogen-bond donors (Lipinski definition) is 2. The number of ether oxygens (including phenoxy) is 1. The van der Waals surface area contributed by atoms with Gasteiger partial charge in [-0.15, -0.1) is 0 Å². The third-order valence-electron chi connectivity index (χ3n) is 4.73. The van der Waals surface area contributed by atoms with E-state index in [9.17, 15) is 14.4 Å². The summed E-state index contributed by atoms with van der Waals surface area (Å²) >= 11 is 3.23. The van der Waals surface area contributed by atoms with E-state index in [0.717, 1.165) is 0 Å². The fraction of sp³-hybridized carbons (Fsp3) is 0.0400. The number of aromatic nitrogens is 2. The van der Waals surface area contributed by atoms with Crippen LogP contribution in [0.3, 0.4) is 0 Å². The van der Waals surface area contributed by atoms with Gasteiger partial charge in [-0.3, -0.25) is 9.78 Å². The Hall–Kier alpha value is -4.29. The summed E-state index contributed by atoms with van der Waals surface area (Å²) in [7, 11) is 0. The van der Waals surface area contributed by atoms with Gasteiger partial charge in [-0.1, -0.05) is 64.5 Å². The maximum Gasteiger partial charge on any atom is 0.270 e. The Bertz CT molecular complexity index is 1450. The number of rotatable bonds is 7. The van der Waals surface area contributed by atoms with Gasteiger partial charge in [-0.2, -0.15) is 10.4 Å². The van der Waals surface area contributed by atoms with Crippen molar-refractivity contribution in [3.8, 4) is 23.1 Å².